The normalized spacial score (nSPS) is 10.5. The Balaban J connectivity index is 1.71. The predicted octanol–water partition coefficient (Wildman–Crippen LogP) is 3.73. The van der Waals surface area contributed by atoms with Gasteiger partial charge < -0.3 is 11.1 Å². The second kappa shape index (κ2) is 8.39. The summed E-state index contributed by atoms with van der Waals surface area (Å²) in [5, 5.41) is 28.2. The third-order valence-electron chi connectivity index (χ3n) is 4.50. The molecular formula is C20H19FN6O2. The van der Waals surface area contributed by atoms with Gasteiger partial charge in [-0.2, -0.15) is 10.4 Å². The van der Waals surface area contributed by atoms with Gasteiger partial charge in [0.1, 0.15) is 29.0 Å². The molecule has 0 spiro atoms. The van der Waals surface area contributed by atoms with Crippen molar-refractivity contribution in [2.75, 3.05) is 17.6 Å². The van der Waals surface area contributed by atoms with Gasteiger partial charge in [0.2, 0.25) is 0 Å². The molecule has 0 aliphatic carbocycles. The van der Waals surface area contributed by atoms with Crippen molar-refractivity contribution < 1.29 is 9.31 Å². The van der Waals surface area contributed by atoms with Crippen molar-refractivity contribution in [3.8, 4) is 11.8 Å². The molecule has 29 heavy (non-hydrogen) atoms. The summed E-state index contributed by atoms with van der Waals surface area (Å²) in [6, 6.07) is 12.8. The Morgan fingerprint density at radius 1 is 1.31 bits per heavy atom. The van der Waals surface area contributed by atoms with E-state index in [1.807, 2.05) is 0 Å². The summed E-state index contributed by atoms with van der Waals surface area (Å²) in [7, 11) is 0. The number of nitrogens with two attached hydrogens (primary N) is 1. The number of anilines is 2. The van der Waals surface area contributed by atoms with Gasteiger partial charge in [-0.1, -0.05) is 12.1 Å². The molecule has 0 aliphatic heterocycles. The van der Waals surface area contributed by atoms with E-state index in [2.05, 4.69) is 16.5 Å². The summed E-state index contributed by atoms with van der Waals surface area (Å²) in [5.74, 6) is -0.187. The van der Waals surface area contributed by atoms with Crippen molar-refractivity contribution in [3.05, 3.63) is 75.2 Å². The number of hydrogen-bond acceptors (Lipinski definition) is 6. The molecule has 0 atom stereocenters. The highest BCUT2D eigenvalue weighted by Gasteiger charge is 2.18. The van der Waals surface area contributed by atoms with Crippen LogP contribution in [0, 0.1) is 34.2 Å². The zero-order valence-electron chi connectivity index (χ0n) is 15.7. The highest BCUT2D eigenvalue weighted by Crippen LogP contribution is 2.28. The number of aryl methyl sites for hydroxylation is 2. The van der Waals surface area contributed by atoms with Crippen LogP contribution in [0.1, 0.15) is 23.2 Å². The van der Waals surface area contributed by atoms with Gasteiger partial charge in [-0.05, 0) is 50.1 Å². The molecule has 2 aromatic carbocycles. The Bertz CT molecular complexity index is 1090. The van der Waals surface area contributed by atoms with Gasteiger partial charge >= 0.3 is 0 Å². The molecule has 0 aliphatic rings. The molecule has 0 unspecified atom stereocenters. The minimum Gasteiger partial charge on any atom is -0.382 e. The molecule has 3 rings (SSSR count). The van der Waals surface area contributed by atoms with Gasteiger partial charge in [-0.15, -0.1) is 0 Å². The first-order chi connectivity index (χ1) is 13.9. The molecule has 0 fully saturated rings. The number of rotatable bonds is 7. The lowest BCUT2D eigenvalue weighted by Gasteiger charge is -2.08. The van der Waals surface area contributed by atoms with Crippen LogP contribution in [0.15, 0.2) is 42.5 Å². The van der Waals surface area contributed by atoms with Gasteiger partial charge in [0.15, 0.2) is 0 Å². The molecular weight excluding hydrogens is 375 g/mol. The third-order valence-corrected chi connectivity index (χ3v) is 4.50. The number of benzene rings is 2. The van der Waals surface area contributed by atoms with E-state index in [1.54, 1.807) is 25.1 Å². The van der Waals surface area contributed by atoms with Gasteiger partial charge in [0.05, 0.1) is 16.3 Å². The first kappa shape index (κ1) is 19.8. The fourth-order valence-corrected chi connectivity index (χ4v) is 3.08. The summed E-state index contributed by atoms with van der Waals surface area (Å²) >= 11 is 0. The monoisotopic (exact) mass is 394 g/mol. The van der Waals surface area contributed by atoms with E-state index >= 15 is 0 Å². The van der Waals surface area contributed by atoms with E-state index in [0.29, 0.717) is 42.0 Å². The number of nitrogen functional groups attached to an aromatic ring is 1. The number of nitriles is 1. The van der Waals surface area contributed by atoms with Crippen LogP contribution >= 0.6 is 0 Å². The smallest absolute Gasteiger partial charge is 0.295 e. The summed E-state index contributed by atoms with van der Waals surface area (Å²) in [5.41, 5.74) is 8.48. The minimum atomic E-state index is -0.406. The fourth-order valence-electron chi connectivity index (χ4n) is 3.08. The van der Waals surface area contributed by atoms with Crippen LogP contribution in [0.5, 0.6) is 0 Å². The highest BCUT2D eigenvalue weighted by atomic mass is 19.1. The molecule has 0 saturated carbocycles. The maximum absolute atomic E-state index is 13.1. The van der Waals surface area contributed by atoms with Gasteiger partial charge in [-0.25, -0.2) is 9.07 Å². The zero-order chi connectivity index (χ0) is 21.0. The Labute approximate surface area is 166 Å². The van der Waals surface area contributed by atoms with Crippen LogP contribution < -0.4 is 11.1 Å². The van der Waals surface area contributed by atoms with Crippen LogP contribution in [0.4, 0.5) is 21.6 Å². The Morgan fingerprint density at radius 2 is 2.03 bits per heavy atom. The van der Waals surface area contributed by atoms with E-state index in [4.69, 9.17) is 5.73 Å². The van der Waals surface area contributed by atoms with Crippen molar-refractivity contribution >= 4 is 17.2 Å². The lowest BCUT2D eigenvalue weighted by Crippen LogP contribution is -2.07. The molecule has 0 radical (unpaired) electrons. The maximum atomic E-state index is 13.1. The molecule has 0 amide bonds. The number of halogens is 1. The quantitative estimate of drug-likeness (QED) is 0.358. The Kier molecular flexibility index (Phi) is 5.74. The van der Waals surface area contributed by atoms with Crippen molar-refractivity contribution in [3.63, 3.8) is 0 Å². The number of nitro groups is 1. The van der Waals surface area contributed by atoms with E-state index in [0.717, 1.165) is 0 Å². The number of nitrogens with zero attached hydrogens (tertiary/aromatic N) is 4. The molecule has 3 N–H and O–H groups in total. The minimum absolute atomic E-state index is 0.0510. The standard InChI is InChI=1S/C20H19FN6O2/c1-13-4-2-5-18(19(13)27(28)29)24-11-3-6-17-16(12-22)20(23)26(25-17)15-9-7-14(21)8-10-15/h2,4-5,7-10,24H,3,6,11,23H2,1H3. The summed E-state index contributed by atoms with van der Waals surface area (Å²) in [6.45, 7) is 2.14. The molecule has 0 saturated heterocycles. The van der Waals surface area contributed by atoms with Crippen molar-refractivity contribution in [2.24, 2.45) is 0 Å². The van der Waals surface area contributed by atoms with E-state index in [-0.39, 0.29) is 22.9 Å². The van der Waals surface area contributed by atoms with Crippen molar-refractivity contribution in [2.45, 2.75) is 19.8 Å². The Morgan fingerprint density at radius 3 is 2.69 bits per heavy atom. The molecule has 1 aromatic heterocycles. The van der Waals surface area contributed by atoms with Crippen molar-refractivity contribution in [1.29, 1.82) is 5.26 Å². The second-order valence-electron chi connectivity index (χ2n) is 6.47. The number of hydrogen-bond donors (Lipinski definition) is 2. The van der Waals surface area contributed by atoms with Gasteiger partial charge in [0.25, 0.3) is 5.69 Å². The lowest BCUT2D eigenvalue weighted by atomic mass is 10.1. The average molecular weight is 394 g/mol. The molecule has 1 heterocycles. The van der Waals surface area contributed by atoms with Crippen LogP contribution in [0.3, 0.4) is 0 Å². The lowest BCUT2D eigenvalue weighted by molar-refractivity contribution is -0.384. The number of nitro benzene ring substituents is 1. The molecule has 9 heteroatoms. The van der Waals surface area contributed by atoms with E-state index < -0.39 is 4.92 Å². The number of para-hydroxylation sites is 1. The SMILES string of the molecule is Cc1cccc(NCCCc2nn(-c3ccc(F)cc3)c(N)c2C#N)c1[N+](=O)[O-]. The second-order valence-corrected chi connectivity index (χ2v) is 6.47. The highest BCUT2D eigenvalue weighted by molar-refractivity contribution is 5.65. The molecule has 0 bridgehead atoms. The number of aromatic nitrogens is 2. The topological polar surface area (TPSA) is 123 Å². The first-order valence-corrected chi connectivity index (χ1v) is 8.93. The summed E-state index contributed by atoms with van der Waals surface area (Å²) in [4.78, 5) is 10.8. The first-order valence-electron chi connectivity index (χ1n) is 8.93. The summed E-state index contributed by atoms with van der Waals surface area (Å²) in [6.07, 6.45) is 1.04. The van der Waals surface area contributed by atoms with E-state index in [1.165, 1.54) is 28.9 Å². The predicted molar refractivity (Wildman–Crippen MR) is 107 cm³/mol. The van der Waals surface area contributed by atoms with Gasteiger partial charge in [-0.3, -0.25) is 10.1 Å². The van der Waals surface area contributed by atoms with Crippen LogP contribution in [-0.2, 0) is 6.42 Å². The zero-order valence-corrected chi connectivity index (χ0v) is 15.7. The van der Waals surface area contributed by atoms with Gasteiger partial charge in [0, 0.05) is 12.1 Å². The van der Waals surface area contributed by atoms with E-state index in [9.17, 15) is 19.8 Å². The number of nitrogens with one attached hydrogen (secondary N) is 1. The molecule has 148 valence electrons. The Hall–Kier alpha value is -3.93. The molecule has 3 aromatic rings. The third kappa shape index (κ3) is 4.16. The average Bonchev–Trinajstić information content (AvgIpc) is 3.01. The largest absolute Gasteiger partial charge is 0.382 e. The van der Waals surface area contributed by atoms with Crippen molar-refractivity contribution in [1.82, 2.24) is 9.78 Å². The van der Waals surface area contributed by atoms with Crippen LogP contribution in [0.25, 0.3) is 5.69 Å². The fraction of sp³-hybridized carbons (Fsp3) is 0.200. The molecule has 8 nitrogen and oxygen atoms in total. The summed E-state index contributed by atoms with van der Waals surface area (Å²) < 4.78 is 14.5. The van der Waals surface area contributed by atoms with Crippen LogP contribution in [-0.4, -0.2) is 21.2 Å². The van der Waals surface area contributed by atoms with Crippen LogP contribution in [0.2, 0.25) is 0 Å². The maximum Gasteiger partial charge on any atom is 0.295 e.